The van der Waals surface area contributed by atoms with Crippen molar-refractivity contribution in [1.29, 1.82) is 0 Å². The van der Waals surface area contributed by atoms with Crippen LogP contribution < -0.4 is 10.6 Å². The topological polar surface area (TPSA) is 148 Å². The van der Waals surface area contributed by atoms with E-state index in [4.69, 9.17) is 14.7 Å². The highest BCUT2D eigenvalue weighted by atomic mass is 16.6. The van der Waals surface area contributed by atoms with Crippen molar-refractivity contribution in [3.8, 4) is 11.4 Å². The lowest BCUT2D eigenvalue weighted by molar-refractivity contribution is -0.131. The highest BCUT2D eigenvalue weighted by Gasteiger charge is 2.29. The van der Waals surface area contributed by atoms with E-state index >= 15 is 0 Å². The first-order chi connectivity index (χ1) is 18.2. The van der Waals surface area contributed by atoms with E-state index in [-0.39, 0.29) is 36.5 Å². The molecule has 0 saturated carbocycles. The minimum atomic E-state index is -0.725. The Morgan fingerprint density at radius 1 is 1.11 bits per heavy atom. The van der Waals surface area contributed by atoms with Crippen molar-refractivity contribution in [1.82, 2.24) is 40.6 Å². The lowest BCUT2D eigenvalue weighted by Gasteiger charge is -2.27. The maximum atomic E-state index is 13.3. The molecule has 38 heavy (non-hydrogen) atoms. The molecule has 4 rings (SSSR count). The van der Waals surface area contributed by atoms with Crippen molar-refractivity contribution < 1.29 is 19.0 Å². The largest absolute Gasteiger partial charge is 0.345 e. The number of fused-ring (bicyclic) bond motifs is 1. The first-order valence-corrected chi connectivity index (χ1v) is 12.9. The Morgan fingerprint density at radius 2 is 1.87 bits per heavy atom. The van der Waals surface area contributed by atoms with E-state index in [1.165, 1.54) is 0 Å². The molecule has 2 atom stereocenters. The molecule has 0 spiro atoms. The van der Waals surface area contributed by atoms with Crippen LogP contribution in [0.15, 0.2) is 35.0 Å². The number of nitrogens with one attached hydrogen (secondary N) is 2. The average molecular weight is 523 g/mol. The monoisotopic (exact) mass is 522 g/mol. The van der Waals surface area contributed by atoms with Gasteiger partial charge in [-0.2, -0.15) is 5.10 Å². The minimum absolute atomic E-state index is 0.0123. The van der Waals surface area contributed by atoms with Gasteiger partial charge in [0.05, 0.1) is 19.0 Å². The number of aromatic nitrogens is 5. The number of hydrogen-bond acceptors (Lipinski definition) is 8. The van der Waals surface area contributed by atoms with E-state index in [2.05, 4.69) is 20.9 Å². The Kier molecular flexibility index (Phi) is 8.49. The Labute approximate surface area is 221 Å². The molecule has 1 aliphatic heterocycles. The number of rotatable bonds is 4. The van der Waals surface area contributed by atoms with Crippen LogP contribution in [0.4, 0.5) is 0 Å². The molecule has 0 radical (unpaired) electrons. The molecule has 0 bridgehead atoms. The van der Waals surface area contributed by atoms with Gasteiger partial charge in [0.1, 0.15) is 17.4 Å². The molecular weight excluding hydrogens is 488 g/mol. The molecule has 0 fully saturated rings. The van der Waals surface area contributed by atoms with E-state index in [1.54, 1.807) is 23.4 Å². The Hall–Kier alpha value is -4.09. The molecule has 3 aromatic rings. The van der Waals surface area contributed by atoms with Crippen molar-refractivity contribution in [3.63, 3.8) is 0 Å². The summed E-state index contributed by atoms with van der Waals surface area (Å²) < 4.78 is 6.52. The quantitative estimate of drug-likeness (QED) is 0.527. The van der Waals surface area contributed by atoms with Gasteiger partial charge < -0.3 is 15.5 Å². The van der Waals surface area contributed by atoms with Gasteiger partial charge in [-0.15, -0.1) is 0 Å². The summed E-state index contributed by atoms with van der Waals surface area (Å²) >= 11 is 0. The summed E-state index contributed by atoms with van der Waals surface area (Å²) in [5, 5.41) is 18.2. The summed E-state index contributed by atoms with van der Waals surface area (Å²) in [6.07, 6.45) is 0.672. The summed E-state index contributed by atoms with van der Waals surface area (Å²) in [6, 6.07) is 8.43. The molecule has 202 valence electrons. The Bertz CT molecular complexity index is 1270. The highest BCUT2D eigenvalue weighted by Crippen LogP contribution is 2.24. The normalized spacial score (nSPS) is 19.4. The molecule has 0 aliphatic carbocycles. The molecule has 3 amide bonds. The number of carbonyl (C=O) groups excluding carboxylic acids is 3. The van der Waals surface area contributed by atoms with Crippen LogP contribution >= 0.6 is 0 Å². The molecule has 12 nitrogen and oxygen atoms in total. The van der Waals surface area contributed by atoms with Gasteiger partial charge in [-0.3, -0.25) is 14.4 Å². The molecule has 1 aromatic carbocycles. The number of benzene rings is 1. The van der Waals surface area contributed by atoms with E-state index in [0.717, 1.165) is 5.56 Å². The lowest BCUT2D eigenvalue weighted by Crippen LogP contribution is -2.47. The molecule has 1 aliphatic rings. The zero-order valence-corrected chi connectivity index (χ0v) is 22.2. The van der Waals surface area contributed by atoms with Crippen LogP contribution in [0.25, 0.3) is 11.4 Å². The summed E-state index contributed by atoms with van der Waals surface area (Å²) in [6.45, 7) is 8.43. The summed E-state index contributed by atoms with van der Waals surface area (Å²) in [5.41, 5.74) is 1.90. The molecular formula is C26H34N8O4. The minimum Gasteiger partial charge on any atom is -0.345 e. The van der Waals surface area contributed by atoms with Gasteiger partial charge in [0, 0.05) is 25.1 Å². The first kappa shape index (κ1) is 27.0. The van der Waals surface area contributed by atoms with Gasteiger partial charge in [0.15, 0.2) is 11.6 Å². The number of amides is 3. The third kappa shape index (κ3) is 6.42. The molecule has 0 saturated heterocycles. The number of nitrogens with zero attached hydrogens (tertiary/aromatic N) is 6. The average Bonchev–Trinajstić information content (AvgIpc) is 3.50. The summed E-state index contributed by atoms with van der Waals surface area (Å²) in [5.74, 6) is 0.424. The van der Waals surface area contributed by atoms with E-state index < -0.39 is 12.1 Å². The Morgan fingerprint density at radius 3 is 2.55 bits per heavy atom. The maximum absolute atomic E-state index is 13.3. The first-order valence-electron chi connectivity index (χ1n) is 12.9. The van der Waals surface area contributed by atoms with Gasteiger partial charge in [-0.05, 0) is 26.2 Å². The standard InChI is InChI=1S/C26H34N8O4/c1-16(2)23-25-29-24(19-9-6-5-7-10-19)30-34(25)14-13-33(22(36)15-20-17(3)31-38-32-20)12-8-11-21(35)27-18(4)26(37)28-23/h5-7,9-10,16,18,23H,8,11-15H2,1-4H3,(H,27,35)(H,28,37)/t18-,23+/m1/s1. The predicted molar refractivity (Wildman–Crippen MR) is 137 cm³/mol. The zero-order valence-electron chi connectivity index (χ0n) is 22.2. The number of hydrogen-bond donors (Lipinski definition) is 2. The molecule has 12 heteroatoms. The zero-order chi connectivity index (χ0) is 27.2. The van der Waals surface area contributed by atoms with Gasteiger partial charge in [-0.1, -0.05) is 54.5 Å². The van der Waals surface area contributed by atoms with Gasteiger partial charge in [0.25, 0.3) is 0 Å². The van der Waals surface area contributed by atoms with Crippen molar-refractivity contribution in [2.45, 2.75) is 65.6 Å². The van der Waals surface area contributed by atoms with Crippen LogP contribution in [0.5, 0.6) is 0 Å². The Balaban J connectivity index is 1.68. The van der Waals surface area contributed by atoms with Gasteiger partial charge in [-0.25, -0.2) is 14.3 Å². The smallest absolute Gasteiger partial charge is 0.242 e. The molecule has 3 heterocycles. The molecule has 0 unspecified atom stereocenters. The van der Waals surface area contributed by atoms with E-state index in [1.807, 2.05) is 44.2 Å². The lowest BCUT2D eigenvalue weighted by atomic mass is 10.0. The second kappa shape index (κ2) is 12.0. The van der Waals surface area contributed by atoms with Crippen molar-refractivity contribution in [2.75, 3.05) is 13.1 Å². The fourth-order valence-corrected chi connectivity index (χ4v) is 4.32. The van der Waals surface area contributed by atoms with Crippen molar-refractivity contribution >= 4 is 17.7 Å². The highest BCUT2D eigenvalue weighted by molar-refractivity contribution is 5.87. The fraction of sp³-hybridized carbons (Fsp3) is 0.500. The third-order valence-corrected chi connectivity index (χ3v) is 6.58. The second-order valence-corrected chi connectivity index (χ2v) is 9.86. The van der Waals surface area contributed by atoms with Crippen LogP contribution in [0.1, 0.15) is 56.9 Å². The number of carbonyl (C=O) groups is 3. The van der Waals surface area contributed by atoms with Gasteiger partial charge >= 0.3 is 0 Å². The summed E-state index contributed by atoms with van der Waals surface area (Å²) in [7, 11) is 0. The number of aryl methyl sites for hydroxylation is 1. The maximum Gasteiger partial charge on any atom is 0.242 e. The second-order valence-electron chi connectivity index (χ2n) is 9.86. The van der Waals surface area contributed by atoms with Crippen LogP contribution in [-0.2, 0) is 27.3 Å². The van der Waals surface area contributed by atoms with Crippen LogP contribution in [0.2, 0.25) is 0 Å². The third-order valence-electron chi connectivity index (χ3n) is 6.58. The predicted octanol–water partition coefficient (Wildman–Crippen LogP) is 1.82. The van der Waals surface area contributed by atoms with Crippen molar-refractivity contribution in [2.24, 2.45) is 5.92 Å². The SMILES string of the molecule is Cc1nonc1CC(=O)N1CCCC(=O)N[C@H](C)C(=O)N[C@@H](C(C)C)c2nc(-c3ccccc3)nn2CC1. The van der Waals surface area contributed by atoms with Crippen LogP contribution in [0, 0.1) is 12.8 Å². The van der Waals surface area contributed by atoms with E-state index in [0.29, 0.717) is 49.1 Å². The fourth-order valence-electron chi connectivity index (χ4n) is 4.32. The van der Waals surface area contributed by atoms with Crippen LogP contribution in [0.3, 0.4) is 0 Å². The molecule has 2 N–H and O–H groups in total. The molecule has 2 aromatic heterocycles. The van der Waals surface area contributed by atoms with Crippen LogP contribution in [-0.4, -0.2) is 66.8 Å². The van der Waals surface area contributed by atoms with E-state index in [9.17, 15) is 14.4 Å². The van der Waals surface area contributed by atoms with Crippen molar-refractivity contribution in [3.05, 3.63) is 47.5 Å². The van der Waals surface area contributed by atoms with Gasteiger partial charge in [0.2, 0.25) is 17.7 Å². The summed E-state index contributed by atoms with van der Waals surface area (Å²) in [4.78, 5) is 45.3.